The molecule has 0 radical (unpaired) electrons. The van der Waals surface area contributed by atoms with Gasteiger partial charge >= 0.3 is 0 Å². The molecule has 1 N–H and O–H groups in total. The molecule has 0 amide bonds. The fraction of sp³-hybridized carbons (Fsp3) is 0.400. The van der Waals surface area contributed by atoms with Gasteiger partial charge in [0.15, 0.2) is 0 Å². The molecule has 0 spiro atoms. The minimum absolute atomic E-state index is 0.105. The van der Waals surface area contributed by atoms with Crippen molar-refractivity contribution in [3.8, 4) is 0 Å². The van der Waals surface area contributed by atoms with Crippen molar-refractivity contribution in [1.82, 2.24) is 4.90 Å². The van der Waals surface area contributed by atoms with Gasteiger partial charge in [0.05, 0.1) is 21.7 Å². The van der Waals surface area contributed by atoms with Crippen LogP contribution in [0.15, 0.2) is 32.9 Å². The molecule has 1 unspecified atom stereocenters. The zero-order chi connectivity index (χ0) is 13.1. The molecule has 1 atom stereocenters. The van der Waals surface area contributed by atoms with Crippen molar-refractivity contribution >= 4 is 21.0 Å². The normalized spacial score (nSPS) is 14.2. The van der Waals surface area contributed by atoms with E-state index in [1.54, 1.807) is 31.1 Å². The van der Waals surface area contributed by atoms with Gasteiger partial charge in [-0.15, -0.1) is 3.77 Å². The molecular formula is C10H16N2O3S2. The number of hydrogen-bond acceptors (Lipinski definition) is 3. The summed E-state index contributed by atoms with van der Waals surface area (Å²) in [5.74, 6) is 0.199. The Morgan fingerprint density at radius 2 is 1.82 bits per heavy atom. The lowest BCUT2D eigenvalue weighted by molar-refractivity contribution is 0.469. The molecule has 17 heavy (non-hydrogen) atoms. The zero-order valence-electron chi connectivity index (χ0n) is 9.99. The molecule has 0 bridgehead atoms. The van der Waals surface area contributed by atoms with Crippen LogP contribution >= 0.6 is 0 Å². The van der Waals surface area contributed by atoms with Gasteiger partial charge in [-0.25, -0.2) is 0 Å². The second-order valence-corrected chi connectivity index (χ2v) is 6.87. The van der Waals surface area contributed by atoms with Crippen molar-refractivity contribution in [1.29, 1.82) is 0 Å². The second-order valence-electron chi connectivity index (χ2n) is 3.91. The molecule has 0 aromatic heterocycles. The van der Waals surface area contributed by atoms with E-state index < -0.39 is 21.0 Å². The lowest BCUT2D eigenvalue weighted by atomic mass is 10.2. The number of sulfonamides is 1. The number of hydrogen-bond donors (Lipinski definition) is 1. The van der Waals surface area contributed by atoms with Crippen LogP contribution in [0.4, 0.5) is 0 Å². The molecule has 0 fully saturated rings. The van der Waals surface area contributed by atoms with Gasteiger partial charge in [-0.2, -0.15) is 8.42 Å². The molecule has 0 heterocycles. The highest BCUT2D eigenvalue weighted by Gasteiger charge is 2.13. The Balaban J connectivity index is 3.00. The lowest BCUT2D eigenvalue weighted by Crippen LogP contribution is -2.17. The third-order valence-electron chi connectivity index (χ3n) is 1.88. The van der Waals surface area contributed by atoms with Crippen LogP contribution in [0.25, 0.3) is 0 Å². The first-order valence-electron chi connectivity index (χ1n) is 4.91. The van der Waals surface area contributed by atoms with Crippen LogP contribution < -0.4 is 0 Å². The molecule has 96 valence electrons. The third-order valence-corrected chi connectivity index (χ3v) is 4.97. The summed E-state index contributed by atoms with van der Waals surface area (Å²) in [6, 6.07) is 6.37. The van der Waals surface area contributed by atoms with Crippen LogP contribution in [-0.4, -0.2) is 37.8 Å². The molecule has 0 saturated carbocycles. The van der Waals surface area contributed by atoms with E-state index >= 15 is 0 Å². The summed E-state index contributed by atoms with van der Waals surface area (Å²) in [5.41, 5.74) is 0.972. The van der Waals surface area contributed by atoms with Crippen molar-refractivity contribution in [3.05, 3.63) is 29.8 Å². The lowest BCUT2D eigenvalue weighted by Gasteiger charge is -2.08. The van der Waals surface area contributed by atoms with Crippen LogP contribution in [0.5, 0.6) is 0 Å². The first kappa shape index (κ1) is 14.3. The first-order chi connectivity index (χ1) is 7.81. The Labute approximate surface area is 104 Å². The van der Waals surface area contributed by atoms with Gasteiger partial charge < -0.3 is 4.55 Å². The van der Waals surface area contributed by atoms with E-state index in [1.165, 1.54) is 12.1 Å². The summed E-state index contributed by atoms with van der Waals surface area (Å²) < 4.78 is 36.6. The van der Waals surface area contributed by atoms with E-state index in [0.29, 0.717) is 0 Å². The number of benzene rings is 1. The molecule has 0 aliphatic heterocycles. The second kappa shape index (κ2) is 5.72. The molecule has 7 heteroatoms. The summed E-state index contributed by atoms with van der Waals surface area (Å²) in [6.07, 6.45) is 0. The summed E-state index contributed by atoms with van der Waals surface area (Å²) in [7, 11) is -1.79. The fourth-order valence-corrected chi connectivity index (χ4v) is 3.50. The molecule has 0 saturated heterocycles. The van der Waals surface area contributed by atoms with Crippen molar-refractivity contribution in [2.45, 2.75) is 11.8 Å². The van der Waals surface area contributed by atoms with Crippen LogP contribution in [-0.2, 0) is 21.0 Å². The fourth-order valence-electron chi connectivity index (χ4n) is 1.12. The van der Waals surface area contributed by atoms with Crippen LogP contribution in [0.3, 0.4) is 0 Å². The molecular weight excluding hydrogens is 260 g/mol. The highest BCUT2D eigenvalue weighted by atomic mass is 32.3. The van der Waals surface area contributed by atoms with E-state index in [4.69, 9.17) is 0 Å². The van der Waals surface area contributed by atoms with Gasteiger partial charge in [-0.3, -0.25) is 4.90 Å². The highest BCUT2D eigenvalue weighted by Crippen LogP contribution is 2.13. The molecule has 1 rings (SSSR count). The standard InChI is InChI=1S/C10H16N2O3S2/c1-9-4-6-10(7-5-9)17(14,15)11-16(13)8-12(2)3/h4-7H,8H2,1-3H3,(H,11,13). The zero-order valence-corrected chi connectivity index (χ0v) is 11.6. The van der Waals surface area contributed by atoms with Gasteiger partial charge in [0.2, 0.25) is 0 Å². The van der Waals surface area contributed by atoms with Crippen molar-refractivity contribution in [2.75, 3.05) is 20.0 Å². The monoisotopic (exact) mass is 276 g/mol. The van der Waals surface area contributed by atoms with Gasteiger partial charge in [0, 0.05) is 0 Å². The minimum Gasteiger partial charge on any atom is -0.320 e. The summed E-state index contributed by atoms with van der Waals surface area (Å²) >= 11 is 0. The molecule has 5 nitrogen and oxygen atoms in total. The van der Waals surface area contributed by atoms with Gasteiger partial charge in [-0.1, -0.05) is 17.7 Å². The van der Waals surface area contributed by atoms with Crippen molar-refractivity contribution < 1.29 is 13.0 Å². The predicted molar refractivity (Wildman–Crippen MR) is 69.3 cm³/mol. The Morgan fingerprint density at radius 1 is 1.29 bits per heavy atom. The topological polar surface area (TPSA) is 70.0 Å². The third kappa shape index (κ3) is 4.55. The SMILES string of the molecule is Cc1ccc(S(=O)(=O)N=S(O)CN(C)C)cc1. The Hall–Kier alpha value is -0.760. The average Bonchev–Trinajstić information content (AvgIpc) is 2.15. The largest absolute Gasteiger partial charge is 0.320 e. The number of aryl methyl sites for hydroxylation is 1. The Kier molecular flexibility index (Phi) is 4.81. The van der Waals surface area contributed by atoms with Crippen LogP contribution in [0.2, 0.25) is 0 Å². The molecule has 1 aromatic carbocycles. The number of nitrogens with zero attached hydrogens (tertiary/aromatic N) is 2. The van der Waals surface area contributed by atoms with Gasteiger partial charge in [-0.05, 0) is 33.2 Å². The first-order valence-corrected chi connectivity index (χ1v) is 7.65. The summed E-state index contributed by atoms with van der Waals surface area (Å²) in [5, 5.41) is 0. The van der Waals surface area contributed by atoms with Gasteiger partial charge in [0.25, 0.3) is 10.0 Å². The minimum atomic E-state index is -3.76. The van der Waals surface area contributed by atoms with E-state index in [-0.39, 0.29) is 10.8 Å². The van der Waals surface area contributed by atoms with E-state index in [0.717, 1.165) is 5.56 Å². The Morgan fingerprint density at radius 3 is 2.29 bits per heavy atom. The number of rotatable bonds is 4. The molecule has 0 aliphatic carbocycles. The molecule has 0 aliphatic rings. The van der Waals surface area contributed by atoms with Crippen molar-refractivity contribution in [2.24, 2.45) is 3.77 Å². The van der Waals surface area contributed by atoms with E-state index in [1.807, 2.05) is 6.92 Å². The highest BCUT2D eigenvalue weighted by molar-refractivity contribution is 7.98. The van der Waals surface area contributed by atoms with Gasteiger partial charge in [0.1, 0.15) is 0 Å². The Bertz CT molecular complexity index is 507. The van der Waals surface area contributed by atoms with Crippen molar-refractivity contribution in [3.63, 3.8) is 0 Å². The predicted octanol–water partition coefficient (Wildman–Crippen LogP) is 1.48. The smallest absolute Gasteiger partial charge is 0.289 e. The maximum Gasteiger partial charge on any atom is 0.289 e. The summed E-state index contributed by atoms with van der Waals surface area (Å²) in [4.78, 5) is 1.78. The maximum atomic E-state index is 11.8. The average molecular weight is 276 g/mol. The molecule has 1 aromatic rings. The quantitative estimate of drug-likeness (QED) is 0.904. The van der Waals surface area contributed by atoms with E-state index in [9.17, 15) is 13.0 Å². The maximum absolute atomic E-state index is 11.8. The van der Waals surface area contributed by atoms with Crippen LogP contribution in [0.1, 0.15) is 5.56 Å². The van der Waals surface area contributed by atoms with Crippen LogP contribution in [0, 0.1) is 6.92 Å². The summed E-state index contributed by atoms with van der Waals surface area (Å²) in [6.45, 7) is 1.87. The van der Waals surface area contributed by atoms with E-state index in [2.05, 4.69) is 3.77 Å².